The lowest BCUT2D eigenvalue weighted by Gasteiger charge is -2.17. The van der Waals surface area contributed by atoms with Gasteiger partial charge in [0.1, 0.15) is 5.82 Å². The summed E-state index contributed by atoms with van der Waals surface area (Å²) >= 11 is 1.59. The SMILES string of the molecule is Cn1nc(C(=O)NCCCN2CCCC2=O)c2c1-c1cc(F)ccc1SC2. The van der Waals surface area contributed by atoms with Crippen LogP contribution in [0.3, 0.4) is 0 Å². The number of hydrogen-bond donors (Lipinski definition) is 1. The molecule has 1 N–H and O–H groups in total. The largest absolute Gasteiger partial charge is 0.351 e. The Morgan fingerprint density at radius 2 is 2.26 bits per heavy atom. The first-order valence-corrected chi connectivity index (χ1v) is 10.1. The summed E-state index contributed by atoms with van der Waals surface area (Å²) in [4.78, 5) is 27.1. The zero-order valence-electron chi connectivity index (χ0n) is 15.1. The fraction of sp³-hybridized carbons (Fsp3) is 0.421. The van der Waals surface area contributed by atoms with Crippen molar-refractivity contribution in [3.63, 3.8) is 0 Å². The summed E-state index contributed by atoms with van der Waals surface area (Å²) in [5, 5.41) is 7.29. The minimum absolute atomic E-state index is 0.197. The lowest BCUT2D eigenvalue weighted by molar-refractivity contribution is -0.127. The normalized spacial score (nSPS) is 15.6. The van der Waals surface area contributed by atoms with Crippen LogP contribution in [0, 0.1) is 5.82 Å². The number of carbonyl (C=O) groups is 2. The van der Waals surface area contributed by atoms with Gasteiger partial charge >= 0.3 is 0 Å². The van der Waals surface area contributed by atoms with Gasteiger partial charge in [-0.15, -0.1) is 11.8 Å². The van der Waals surface area contributed by atoms with Crippen molar-refractivity contribution in [2.24, 2.45) is 7.05 Å². The van der Waals surface area contributed by atoms with Gasteiger partial charge in [0.05, 0.1) is 5.69 Å². The maximum Gasteiger partial charge on any atom is 0.272 e. The van der Waals surface area contributed by atoms with Crippen molar-refractivity contribution >= 4 is 23.6 Å². The molecule has 142 valence electrons. The zero-order valence-corrected chi connectivity index (χ0v) is 15.9. The molecule has 1 aromatic heterocycles. The number of benzene rings is 1. The summed E-state index contributed by atoms with van der Waals surface area (Å²) < 4.78 is 15.4. The van der Waals surface area contributed by atoms with Crippen molar-refractivity contribution < 1.29 is 14.0 Å². The fourth-order valence-corrected chi connectivity index (χ4v) is 4.73. The van der Waals surface area contributed by atoms with Gasteiger partial charge in [0.2, 0.25) is 5.91 Å². The quantitative estimate of drug-likeness (QED) is 0.800. The van der Waals surface area contributed by atoms with Crippen LogP contribution < -0.4 is 5.32 Å². The molecule has 4 rings (SSSR count). The fourth-order valence-electron chi connectivity index (χ4n) is 3.68. The highest BCUT2D eigenvalue weighted by atomic mass is 32.2. The summed E-state index contributed by atoms with van der Waals surface area (Å²) in [5.41, 5.74) is 2.82. The maximum atomic E-state index is 13.7. The Labute approximate surface area is 161 Å². The first-order chi connectivity index (χ1) is 13.0. The second-order valence-corrected chi connectivity index (χ2v) is 7.84. The second kappa shape index (κ2) is 7.34. The van der Waals surface area contributed by atoms with Gasteiger partial charge < -0.3 is 10.2 Å². The van der Waals surface area contributed by atoms with Crippen LogP contribution in [0.2, 0.25) is 0 Å². The van der Waals surface area contributed by atoms with E-state index in [0.29, 0.717) is 31.0 Å². The van der Waals surface area contributed by atoms with Gasteiger partial charge in [0.25, 0.3) is 5.91 Å². The average molecular weight is 388 g/mol. The summed E-state index contributed by atoms with van der Waals surface area (Å²) in [6, 6.07) is 4.72. The standard InChI is InChI=1S/C19H21FN4O2S/c1-23-18-13-10-12(20)5-6-15(13)27-11-14(18)17(22-23)19(26)21-7-3-9-24-8-2-4-16(24)25/h5-6,10H,2-4,7-9,11H2,1H3,(H,21,26). The lowest BCUT2D eigenvalue weighted by Crippen LogP contribution is -2.31. The van der Waals surface area contributed by atoms with E-state index < -0.39 is 0 Å². The van der Waals surface area contributed by atoms with Crippen molar-refractivity contribution in [1.82, 2.24) is 20.0 Å². The third-order valence-electron chi connectivity index (χ3n) is 4.99. The lowest BCUT2D eigenvalue weighted by atomic mass is 10.1. The Kier molecular flexibility index (Phi) is 4.90. The number of aromatic nitrogens is 2. The van der Waals surface area contributed by atoms with Gasteiger partial charge in [-0.05, 0) is 31.0 Å². The van der Waals surface area contributed by atoms with Crippen LogP contribution in [-0.2, 0) is 17.6 Å². The van der Waals surface area contributed by atoms with Gasteiger partial charge in [-0.3, -0.25) is 14.3 Å². The number of hydrogen-bond acceptors (Lipinski definition) is 4. The molecule has 0 radical (unpaired) electrons. The molecule has 0 atom stereocenters. The summed E-state index contributed by atoms with van der Waals surface area (Å²) in [7, 11) is 1.78. The molecule has 3 heterocycles. The summed E-state index contributed by atoms with van der Waals surface area (Å²) in [5.74, 6) is 0.307. The molecule has 0 aliphatic carbocycles. The molecular weight excluding hydrogens is 367 g/mol. The van der Waals surface area contributed by atoms with Crippen molar-refractivity contribution in [3.05, 3.63) is 35.3 Å². The molecule has 1 saturated heterocycles. The third kappa shape index (κ3) is 3.45. The van der Waals surface area contributed by atoms with Crippen LogP contribution in [0.25, 0.3) is 11.3 Å². The van der Waals surface area contributed by atoms with Gasteiger partial charge in [-0.2, -0.15) is 5.10 Å². The van der Waals surface area contributed by atoms with Crippen LogP contribution in [0.4, 0.5) is 4.39 Å². The Bertz CT molecular complexity index is 911. The van der Waals surface area contributed by atoms with E-state index in [4.69, 9.17) is 0 Å². The molecule has 2 aliphatic rings. The molecule has 2 amide bonds. The van der Waals surface area contributed by atoms with E-state index in [0.717, 1.165) is 41.1 Å². The molecule has 1 aromatic carbocycles. The smallest absolute Gasteiger partial charge is 0.272 e. The molecule has 6 nitrogen and oxygen atoms in total. The first-order valence-electron chi connectivity index (χ1n) is 9.09. The van der Waals surface area contributed by atoms with Crippen LogP contribution in [0.15, 0.2) is 23.1 Å². The molecule has 0 unspecified atom stereocenters. The van der Waals surface area contributed by atoms with Crippen LogP contribution in [0.5, 0.6) is 0 Å². The summed E-state index contributed by atoms with van der Waals surface area (Å²) in [6.45, 7) is 1.97. The molecule has 0 spiro atoms. The highest BCUT2D eigenvalue weighted by Crippen LogP contribution is 2.42. The van der Waals surface area contributed by atoms with Crippen molar-refractivity contribution in [2.75, 3.05) is 19.6 Å². The van der Waals surface area contributed by atoms with Gasteiger partial charge in [0, 0.05) is 54.9 Å². The molecule has 2 aliphatic heterocycles. The highest BCUT2D eigenvalue weighted by Gasteiger charge is 2.28. The average Bonchev–Trinajstić information content (AvgIpc) is 3.22. The molecule has 0 bridgehead atoms. The van der Waals surface area contributed by atoms with Gasteiger partial charge in [-0.25, -0.2) is 4.39 Å². The number of fused-ring (bicyclic) bond motifs is 3. The predicted octanol–water partition coefficient (Wildman–Crippen LogP) is 2.57. The van der Waals surface area contributed by atoms with E-state index in [9.17, 15) is 14.0 Å². The third-order valence-corrected chi connectivity index (χ3v) is 6.09. The Balaban J connectivity index is 1.45. The Hall–Kier alpha value is -2.35. The number of likely N-dealkylation sites (tertiary alicyclic amines) is 1. The molecule has 0 saturated carbocycles. The van der Waals surface area contributed by atoms with Gasteiger partial charge in [0.15, 0.2) is 5.69 Å². The topological polar surface area (TPSA) is 67.2 Å². The van der Waals surface area contributed by atoms with Crippen LogP contribution in [-0.4, -0.2) is 46.1 Å². The number of nitrogens with one attached hydrogen (secondary N) is 1. The van der Waals surface area contributed by atoms with E-state index in [2.05, 4.69) is 10.4 Å². The number of halogens is 1. The molecule has 8 heteroatoms. The van der Waals surface area contributed by atoms with E-state index in [1.54, 1.807) is 29.6 Å². The summed E-state index contributed by atoms with van der Waals surface area (Å²) in [6.07, 6.45) is 2.27. The highest BCUT2D eigenvalue weighted by molar-refractivity contribution is 7.98. The van der Waals surface area contributed by atoms with Crippen molar-refractivity contribution in [1.29, 1.82) is 0 Å². The predicted molar refractivity (Wildman–Crippen MR) is 101 cm³/mol. The van der Waals surface area contributed by atoms with Crippen molar-refractivity contribution in [2.45, 2.75) is 29.9 Å². The monoisotopic (exact) mass is 388 g/mol. The number of amides is 2. The number of thioether (sulfide) groups is 1. The van der Waals surface area contributed by atoms with E-state index in [1.165, 1.54) is 12.1 Å². The van der Waals surface area contributed by atoms with Crippen LogP contribution in [0.1, 0.15) is 35.3 Å². The van der Waals surface area contributed by atoms with E-state index in [1.807, 2.05) is 4.90 Å². The molecular formula is C19H21FN4O2S. The molecule has 27 heavy (non-hydrogen) atoms. The second-order valence-electron chi connectivity index (χ2n) is 6.82. The minimum atomic E-state index is -0.300. The Morgan fingerprint density at radius 3 is 3.04 bits per heavy atom. The van der Waals surface area contributed by atoms with Gasteiger partial charge in [-0.1, -0.05) is 0 Å². The number of nitrogens with zero attached hydrogens (tertiary/aromatic N) is 3. The zero-order chi connectivity index (χ0) is 19.0. The van der Waals surface area contributed by atoms with Crippen LogP contribution >= 0.6 is 11.8 Å². The molecule has 1 fully saturated rings. The number of carbonyl (C=O) groups excluding carboxylic acids is 2. The van der Waals surface area contributed by atoms with E-state index >= 15 is 0 Å². The number of rotatable bonds is 5. The maximum absolute atomic E-state index is 13.7. The minimum Gasteiger partial charge on any atom is -0.351 e. The first kappa shape index (κ1) is 18.0. The Morgan fingerprint density at radius 1 is 1.41 bits per heavy atom. The molecule has 2 aromatic rings. The van der Waals surface area contributed by atoms with E-state index in [-0.39, 0.29) is 17.6 Å². The number of aryl methyl sites for hydroxylation is 1. The van der Waals surface area contributed by atoms with Crippen molar-refractivity contribution in [3.8, 4) is 11.3 Å².